The number of aliphatic carboxylic acids is 1. The minimum absolute atomic E-state index is 0.0269. The Kier molecular flexibility index (Phi) is 5.21. The van der Waals surface area contributed by atoms with E-state index >= 15 is 0 Å². The molecule has 6 heteroatoms. The van der Waals surface area contributed by atoms with Gasteiger partial charge in [-0.2, -0.15) is 0 Å². The van der Waals surface area contributed by atoms with Gasteiger partial charge in [-0.3, -0.25) is 4.79 Å². The monoisotopic (exact) mass is 244 g/mol. The minimum Gasteiger partial charge on any atom is -0.481 e. The molecule has 98 valence electrons. The summed E-state index contributed by atoms with van der Waals surface area (Å²) in [4.78, 5) is 23.7. The molecule has 0 bridgehead atoms. The Labute approximate surface area is 101 Å². The lowest BCUT2D eigenvalue weighted by molar-refractivity contribution is -0.139. The van der Waals surface area contributed by atoms with Gasteiger partial charge in [0.05, 0.1) is 19.1 Å². The summed E-state index contributed by atoms with van der Waals surface area (Å²) in [5, 5.41) is 11.4. The second kappa shape index (κ2) is 6.44. The zero-order valence-electron chi connectivity index (χ0n) is 10.3. The largest absolute Gasteiger partial charge is 0.481 e. The molecule has 1 rings (SSSR count). The molecule has 1 unspecified atom stereocenters. The maximum atomic E-state index is 11.6. The number of hydrogen-bond acceptors (Lipinski definition) is 3. The van der Waals surface area contributed by atoms with E-state index in [1.165, 1.54) is 0 Å². The highest BCUT2D eigenvalue weighted by Crippen LogP contribution is 2.18. The molecule has 0 saturated carbocycles. The molecule has 0 aromatic carbocycles. The number of hydrogen-bond donors (Lipinski definition) is 2. The Bertz CT molecular complexity index is 277. The van der Waals surface area contributed by atoms with Crippen molar-refractivity contribution in [3.05, 3.63) is 0 Å². The van der Waals surface area contributed by atoms with E-state index < -0.39 is 5.97 Å². The summed E-state index contributed by atoms with van der Waals surface area (Å²) in [5.74, 6) is -0.708. The molecule has 0 radical (unpaired) electrons. The number of nitrogens with zero attached hydrogens (tertiary/aromatic N) is 1. The third-order valence-corrected chi connectivity index (χ3v) is 2.65. The van der Waals surface area contributed by atoms with Gasteiger partial charge in [-0.15, -0.1) is 0 Å². The second-order valence-corrected chi connectivity index (χ2v) is 4.38. The Morgan fingerprint density at radius 1 is 1.53 bits per heavy atom. The molecule has 1 fully saturated rings. The van der Waals surface area contributed by atoms with Gasteiger partial charge in [-0.05, 0) is 13.8 Å². The van der Waals surface area contributed by atoms with E-state index in [0.29, 0.717) is 26.3 Å². The van der Waals surface area contributed by atoms with Crippen LogP contribution in [0.15, 0.2) is 0 Å². The highest BCUT2D eigenvalue weighted by molar-refractivity contribution is 5.76. The predicted molar refractivity (Wildman–Crippen MR) is 61.8 cm³/mol. The predicted octanol–water partition coefficient (Wildman–Crippen LogP) is 0.527. The van der Waals surface area contributed by atoms with Crippen LogP contribution >= 0.6 is 0 Å². The van der Waals surface area contributed by atoms with Crippen LogP contribution in [0.3, 0.4) is 0 Å². The van der Waals surface area contributed by atoms with Crippen molar-refractivity contribution < 1.29 is 19.4 Å². The smallest absolute Gasteiger partial charge is 0.317 e. The molecule has 0 aromatic rings. The van der Waals surface area contributed by atoms with Crippen LogP contribution in [0.5, 0.6) is 0 Å². The lowest BCUT2D eigenvalue weighted by Gasteiger charge is -2.39. The summed E-state index contributed by atoms with van der Waals surface area (Å²) >= 11 is 0. The maximum absolute atomic E-state index is 11.6. The molecule has 17 heavy (non-hydrogen) atoms. The van der Waals surface area contributed by atoms with Crippen LogP contribution in [0.1, 0.15) is 20.3 Å². The van der Waals surface area contributed by atoms with Crippen LogP contribution in [0, 0.1) is 5.92 Å². The Balaban J connectivity index is 2.16. The normalized spacial score (nSPS) is 17.4. The Morgan fingerprint density at radius 2 is 2.18 bits per heavy atom. The fourth-order valence-electron chi connectivity index (χ4n) is 1.75. The highest BCUT2D eigenvalue weighted by Gasteiger charge is 2.32. The third kappa shape index (κ3) is 4.60. The van der Waals surface area contributed by atoms with E-state index in [1.54, 1.807) is 4.90 Å². The zero-order chi connectivity index (χ0) is 12.8. The number of carboxylic acid groups (broad SMARTS) is 1. The summed E-state index contributed by atoms with van der Waals surface area (Å²) in [5.41, 5.74) is 0. The number of carboxylic acids is 1. The van der Waals surface area contributed by atoms with Crippen molar-refractivity contribution in [2.45, 2.75) is 26.3 Å². The van der Waals surface area contributed by atoms with E-state index in [4.69, 9.17) is 9.84 Å². The van der Waals surface area contributed by atoms with E-state index in [0.717, 1.165) is 0 Å². The molecule has 1 aliphatic rings. The molecular formula is C11H20N2O4. The number of carbonyl (C=O) groups excluding carboxylic acids is 1. The van der Waals surface area contributed by atoms with Gasteiger partial charge in [0.25, 0.3) is 0 Å². The molecule has 0 aromatic heterocycles. The number of urea groups is 1. The van der Waals surface area contributed by atoms with Gasteiger partial charge in [-0.25, -0.2) is 4.79 Å². The molecule has 0 spiro atoms. The molecular weight excluding hydrogens is 224 g/mol. The van der Waals surface area contributed by atoms with Crippen LogP contribution in [-0.4, -0.2) is 54.4 Å². The van der Waals surface area contributed by atoms with Gasteiger partial charge in [0.15, 0.2) is 0 Å². The van der Waals surface area contributed by atoms with E-state index in [9.17, 15) is 9.59 Å². The molecule has 1 aliphatic heterocycles. The summed E-state index contributed by atoms with van der Waals surface area (Å²) in [7, 11) is 0. The first-order chi connectivity index (χ1) is 8.02. The van der Waals surface area contributed by atoms with Crippen molar-refractivity contribution in [3.63, 3.8) is 0 Å². The standard InChI is InChI=1S/C11H20N2O4/c1-3-17-7-8(2)12-11(16)13-5-9(6-13)4-10(14)15/h8-9H,3-7H2,1-2H3,(H,12,16)(H,14,15). The van der Waals surface area contributed by atoms with Crippen LogP contribution in [0.25, 0.3) is 0 Å². The van der Waals surface area contributed by atoms with Crippen molar-refractivity contribution in [3.8, 4) is 0 Å². The van der Waals surface area contributed by atoms with Crippen molar-refractivity contribution in [1.82, 2.24) is 10.2 Å². The minimum atomic E-state index is -0.806. The quantitative estimate of drug-likeness (QED) is 0.714. The SMILES string of the molecule is CCOCC(C)NC(=O)N1CC(CC(=O)O)C1. The maximum Gasteiger partial charge on any atom is 0.317 e. The average molecular weight is 244 g/mol. The van der Waals surface area contributed by atoms with Crippen molar-refractivity contribution in [1.29, 1.82) is 0 Å². The molecule has 2 amide bonds. The number of likely N-dealkylation sites (tertiary alicyclic amines) is 1. The Morgan fingerprint density at radius 3 is 2.71 bits per heavy atom. The first-order valence-electron chi connectivity index (χ1n) is 5.87. The van der Waals surface area contributed by atoms with Gasteiger partial charge in [0.2, 0.25) is 0 Å². The number of carbonyl (C=O) groups is 2. The van der Waals surface area contributed by atoms with Crippen LogP contribution in [-0.2, 0) is 9.53 Å². The van der Waals surface area contributed by atoms with Gasteiger partial charge in [0.1, 0.15) is 0 Å². The summed E-state index contributed by atoms with van der Waals surface area (Å²) in [6.07, 6.45) is 0.137. The third-order valence-electron chi connectivity index (χ3n) is 2.65. The lowest BCUT2D eigenvalue weighted by atomic mass is 9.97. The van der Waals surface area contributed by atoms with Crippen LogP contribution < -0.4 is 5.32 Å². The average Bonchev–Trinajstić information content (AvgIpc) is 2.19. The number of amides is 2. The van der Waals surface area contributed by atoms with E-state index in [1.807, 2.05) is 13.8 Å². The van der Waals surface area contributed by atoms with Gasteiger partial charge >= 0.3 is 12.0 Å². The first-order valence-corrected chi connectivity index (χ1v) is 5.87. The molecule has 1 heterocycles. The summed E-state index contributed by atoms with van der Waals surface area (Å²) in [6.45, 7) is 5.96. The lowest BCUT2D eigenvalue weighted by Crippen LogP contribution is -2.56. The summed E-state index contributed by atoms with van der Waals surface area (Å²) in [6, 6.07) is -0.167. The summed E-state index contributed by atoms with van der Waals surface area (Å²) < 4.78 is 5.19. The van der Waals surface area contributed by atoms with Crippen molar-refractivity contribution >= 4 is 12.0 Å². The van der Waals surface area contributed by atoms with Crippen LogP contribution in [0.4, 0.5) is 4.79 Å². The van der Waals surface area contributed by atoms with Crippen molar-refractivity contribution in [2.24, 2.45) is 5.92 Å². The molecule has 1 saturated heterocycles. The number of rotatable bonds is 6. The molecule has 6 nitrogen and oxygen atoms in total. The van der Waals surface area contributed by atoms with Gasteiger partial charge < -0.3 is 20.1 Å². The number of ether oxygens (including phenoxy) is 1. The topological polar surface area (TPSA) is 78.9 Å². The zero-order valence-corrected chi connectivity index (χ0v) is 10.3. The van der Waals surface area contributed by atoms with E-state index in [-0.39, 0.29) is 24.4 Å². The fraction of sp³-hybridized carbons (Fsp3) is 0.818. The second-order valence-electron chi connectivity index (χ2n) is 4.38. The molecule has 1 atom stereocenters. The highest BCUT2D eigenvalue weighted by atomic mass is 16.5. The fourth-order valence-corrected chi connectivity index (χ4v) is 1.75. The molecule has 0 aliphatic carbocycles. The molecule has 2 N–H and O–H groups in total. The first kappa shape index (κ1) is 13.8. The van der Waals surface area contributed by atoms with Crippen LogP contribution in [0.2, 0.25) is 0 Å². The van der Waals surface area contributed by atoms with Gasteiger partial charge in [-0.1, -0.05) is 0 Å². The van der Waals surface area contributed by atoms with Crippen molar-refractivity contribution in [2.75, 3.05) is 26.3 Å². The van der Waals surface area contributed by atoms with Gasteiger partial charge in [0, 0.05) is 25.6 Å². The Hall–Kier alpha value is -1.30. The number of nitrogens with one attached hydrogen (secondary N) is 1. The van der Waals surface area contributed by atoms with E-state index in [2.05, 4.69) is 5.32 Å².